The van der Waals surface area contributed by atoms with Crippen LogP contribution in [0.5, 0.6) is 0 Å². The molecule has 1 amide bonds. The first-order chi connectivity index (χ1) is 9.25. The van der Waals surface area contributed by atoms with Crippen molar-refractivity contribution in [2.24, 2.45) is 0 Å². The predicted molar refractivity (Wildman–Crippen MR) is 74.6 cm³/mol. The Morgan fingerprint density at radius 3 is 2.84 bits per heavy atom. The van der Waals surface area contributed by atoms with Crippen LogP contribution in [0.25, 0.3) is 5.65 Å². The molecular formula is C14H10ClN3O. The molecule has 0 bridgehead atoms. The van der Waals surface area contributed by atoms with Gasteiger partial charge in [0.2, 0.25) is 0 Å². The maximum absolute atomic E-state index is 12.3. The van der Waals surface area contributed by atoms with Crippen molar-refractivity contribution >= 4 is 28.8 Å². The van der Waals surface area contributed by atoms with Crippen molar-refractivity contribution in [3.63, 3.8) is 0 Å². The molecule has 2 heterocycles. The number of hydrogen-bond donors (Lipinski definition) is 1. The van der Waals surface area contributed by atoms with E-state index in [1.807, 2.05) is 18.2 Å². The highest BCUT2D eigenvalue weighted by Crippen LogP contribution is 2.21. The van der Waals surface area contributed by atoms with E-state index in [0.717, 1.165) is 5.65 Å². The first-order valence-electron chi connectivity index (χ1n) is 5.74. The van der Waals surface area contributed by atoms with Crippen molar-refractivity contribution in [3.8, 4) is 0 Å². The van der Waals surface area contributed by atoms with Gasteiger partial charge >= 0.3 is 0 Å². The standard InChI is InChI=1S/C14H10ClN3O/c15-10-4-1-2-5-11(10)17-14(19)12-6-3-7-13-16-8-9-18(12)13/h1-9H,(H,17,19). The molecule has 1 N–H and O–H groups in total. The number of halogens is 1. The summed E-state index contributed by atoms with van der Waals surface area (Å²) >= 11 is 6.02. The van der Waals surface area contributed by atoms with Crippen LogP contribution in [0, 0.1) is 0 Å². The average molecular weight is 272 g/mol. The molecule has 19 heavy (non-hydrogen) atoms. The van der Waals surface area contributed by atoms with Crippen molar-refractivity contribution in [2.45, 2.75) is 0 Å². The van der Waals surface area contributed by atoms with Crippen molar-refractivity contribution in [2.75, 3.05) is 5.32 Å². The molecule has 0 saturated heterocycles. The lowest BCUT2D eigenvalue weighted by atomic mass is 10.3. The number of carbonyl (C=O) groups is 1. The van der Waals surface area contributed by atoms with Gasteiger partial charge in [-0.05, 0) is 24.3 Å². The fourth-order valence-electron chi connectivity index (χ4n) is 1.88. The zero-order valence-corrected chi connectivity index (χ0v) is 10.6. The fraction of sp³-hybridized carbons (Fsp3) is 0. The van der Waals surface area contributed by atoms with Gasteiger partial charge < -0.3 is 5.32 Å². The lowest BCUT2D eigenvalue weighted by Crippen LogP contribution is -2.15. The van der Waals surface area contributed by atoms with E-state index in [4.69, 9.17) is 11.6 Å². The number of nitrogens with zero attached hydrogens (tertiary/aromatic N) is 2. The summed E-state index contributed by atoms with van der Waals surface area (Å²) in [5, 5.41) is 3.30. The van der Waals surface area contributed by atoms with Crippen LogP contribution in [0.1, 0.15) is 10.5 Å². The second-order valence-electron chi connectivity index (χ2n) is 4.00. The molecule has 0 fully saturated rings. The highest BCUT2D eigenvalue weighted by molar-refractivity contribution is 6.33. The molecule has 0 aliphatic rings. The van der Waals surface area contributed by atoms with E-state index in [-0.39, 0.29) is 5.91 Å². The monoisotopic (exact) mass is 271 g/mol. The molecule has 3 rings (SSSR count). The SMILES string of the molecule is O=C(Nc1ccccc1Cl)c1cccc2nccn12. The average Bonchev–Trinajstić information content (AvgIpc) is 2.89. The number of fused-ring (bicyclic) bond motifs is 1. The van der Waals surface area contributed by atoms with E-state index >= 15 is 0 Å². The van der Waals surface area contributed by atoms with Crippen LogP contribution in [0.2, 0.25) is 5.02 Å². The van der Waals surface area contributed by atoms with Gasteiger partial charge in [-0.1, -0.05) is 29.8 Å². The fourth-order valence-corrected chi connectivity index (χ4v) is 2.06. The minimum Gasteiger partial charge on any atom is -0.319 e. The summed E-state index contributed by atoms with van der Waals surface area (Å²) in [6.07, 6.45) is 3.40. The normalized spacial score (nSPS) is 10.6. The molecule has 4 nitrogen and oxygen atoms in total. The Kier molecular flexibility index (Phi) is 2.93. The van der Waals surface area contributed by atoms with E-state index in [1.165, 1.54) is 0 Å². The number of rotatable bonds is 2. The lowest BCUT2D eigenvalue weighted by Gasteiger charge is -2.08. The van der Waals surface area contributed by atoms with Crippen molar-refractivity contribution in [1.82, 2.24) is 9.38 Å². The quantitative estimate of drug-likeness (QED) is 0.778. The number of carbonyl (C=O) groups excluding carboxylic acids is 1. The highest BCUT2D eigenvalue weighted by Gasteiger charge is 2.11. The maximum atomic E-state index is 12.3. The van der Waals surface area contributed by atoms with Crippen molar-refractivity contribution in [1.29, 1.82) is 0 Å². The van der Waals surface area contributed by atoms with Crippen LogP contribution in [0.15, 0.2) is 54.9 Å². The third-order valence-corrected chi connectivity index (χ3v) is 3.11. The van der Waals surface area contributed by atoms with Gasteiger partial charge in [0.05, 0.1) is 10.7 Å². The topological polar surface area (TPSA) is 46.4 Å². The molecule has 0 aliphatic carbocycles. The molecule has 94 valence electrons. The number of para-hydroxylation sites is 1. The maximum Gasteiger partial charge on any atom is 0.272 e. The Balaban J connectivity index is 1.97. The van der Waals surface area contributed by atoms with Crippen LogP contribution in [-0.2, 0) is 0 Å². The molecule has 5 heteroatoms. The minimum absolute atomic E-state index is 0.225. The highest BCUT2D eigenvalue weighted by atomic mass is 35.5. The largest absolute Gasteiger partial charge is 0.319 e. The van der Waals surface area contributed by atoms with Crippen LogP contribution in [-0.4, -0.2) is 15.3 Å². The molecule has 3 aromatic rings. The van der Waals surface area contributed by atoms with E-state index in [2.05, 4.69) is 10.3 Å². The first-order valence-corrected chi connectivity index (χ1v) is 6.11. The van der Waals surface area contributed by atoms with Gasteiger partial charge in [0.1, 0.15) is 11.3 Å². The number of nitrogens with one attached hydrogen (secondary N) is 1. The van der Waals surface area contributed by atoms with E-state index in [1.54, 1.807) is 41.1 Å². The van der Waals surface area contributed by atoms with E-state index < -0.39 is 0 Å². The van der Waals surface area contributed by atoms with Gasteiger partial charge in [-0.2, -0.15) is 0 Å². The Morgan fingerprint density at radius 2 is 2.00 bits per heavy atom. The van der Waals surface area contributed by atoms with Crippen LogP contribution in [0.4, 0.5) is 5.69 Å². The summed E-state index contributed by atoms with van der Waals surface area (Å²) in [4.78, 5) is 16.4. The van der Waals surface area contributed by atoms with Crippen LogP contribution >= 0.6 is 11.6 Å². The first kappa shape index (κ1) is 11.7. The van der Waals surface area contributed by atoms with Gasteiger partial charge in [0, 0.05) is 12.4 Å². The Hall–Kier alpha value is -2.33. The summed E-state index contributed by atoms with van der Waals surface area (Å²) in [5.41, 5.74) is 1.83. The molecule has 2 aromatic heterocycles. The number of aromatic nitrogens is 2. The smallest absolute Gasteiger partial charge is 0.272 e. The number of anilines is 1. The van der Waals surface area contributed by atoms with Crippen LogP contribution < -0.4 is 5.32 Å². The van der Waals surface area contributed by atoms with Crippen molar-refractivity contribution < 1.29 is 4.79 Å². The number of amides is 1. The van der Waals surface area contributed by atoms with E-state index in [9.17, 15) is 4.79 Å². The molecule has 0 radical (unpaired) electrons. The molecule has 0 saturated carbocycles. The third kappa shape index (κ3) is 2.18. The summed E-state index contributed by atoms with van der Waals surface area (Å²) in [6.45, 7) is 0. The van der Waals surface area contributed by atoms with Gasteiger partial charge in [-0.25, -0.2) is 4.98 Å². The van der Waals surface area contributed by atoms with E-state index in [0.29, 0.717) is 16.4 Å². The van der Waals surface area contributed by atoms with Gasteiger partial charge in [-0.15, -0.1) is 0 Å². The summed E-state index contributed by atoms with van der Waals surface area (Å²) < 4.78 is 1.73. The molecular weight excluding hydrogens is 262 g/mol. The number of hydrogen-bond acceptors (Lipinski definition) is 2. The summed E-state index contributed by atoms with van der Waals surface area (Å²) in [7, 11) is 0. The lowest BCUT2D eigenvalue weighted by molar-refractivity contribution is 0.102. The molecule has 0 unspecified atom stereocenters. The molecule has 0 aliphatic heterocycles. The van der Waals surface area contributed by atoms with Gasteiger partial charge in [0.25, 0.3) is 5.91 Å². The van der Waals surface area contributed by atoms with Gasteiger partial charge in [0.15, 0.2) is 0 Å². The molecule has 1 aromatic carbocycles. The molecule has 0 spiro atoms. The zero-order chi connectivity index (χ0) is 13.2. The zero-order valence-electron chi connectivity index (χ0n) is 9.88. The summed E-state index contributed by atoms with van der Waals surface area (Å²) in [5.74, 6) is -0.225. The predicted octanol–water partition coefficient (Wildman–Crippen LogP) is 3.24. The number of pyridine rings is 1. The third-order valence-electron chi connectivity index (χ3n) is 2.78. The van der Waals surface area contributed by atoms with Crippen LogP contribution in [0.3, 0.4) is 0 Å². The van der Waals surface area contributed by atoms with Gasteiger partial charge in [-0.3, -0.25) is 9.20 Å². The summed E-state index contributed by atoms with van der Waals surface area (Å²) in [6, 6.07) is 12.5. The number of benzene rings is 1. The Bertz CT molecular complexity index is 751. The number of imidazole rings is 1. The Morgan fingerprint density at radius 1 is 1.16 bits per heavy atom. The van der Waals surface area contributed by atoms with Crippen molar-refractivity contribution in [3.05, 3.63) is 65.6 Å². The second-order valence-corrected chi connectivity index (χ2v) is 4.41. The Labute approximate surface area is 114 Å². The second kappa shape index (κ2) is 4.74. The molecule has 0 atom stereocenters. The minimum atomic E-state index is -0.225.